The van der Waals surface area contributed by atoms with E-state index in [9.17, 15) is 4.79 Å². The van der Waals surface area contributed by atoms with E-state index in [4.69, 9.17) is 4.74 Å². The Kier molecular flexibility index (Phi) is 5.32. The summed E-state index contributed by atoms with van der Waals surface area (Å²) in [6.45, 7) is 4.01. The van der Waals surface area contributed by atoms with Gasteiger partial charge in [-0.1, -0.05) is 42.5 Å². The Morgan fingerprint density at radius 1 is 1.17 bits per heavy atom. The number of nitrogens with one attached hydrogen (secondary N) is 2. The number of hydrogen-bond donors (Lipinski definition) is 2. The van der Waals surface area contributed by atoms with Crippen molar-refractivity contribution >= 4 is 16.8 Å². The highest BCUT2D eigenvalue weighted by Crippen LogP contribution is 2.32. The Balaban J connectivity index is 1.29. The first kappa shape index (κ1) is 19.3. The number of H-pyrrole nitrogens is 1. The van der Waals surface area contributed by atoms with Gasteiger partial charge in [0, 0.05) is 29.5 Å². The Morgan fingerprint density at radius 3 is 2.87 bits per heavy atom. The van der Waals surface area contributed by atoms with Crippen molar-refractivity contribution in [1.82, 2.24) is 15.2 Å². The highest BCUT2D eigenvalue weighted by atomic mass is 16.5. The summed E-state index contributed by atoms with van der Waals surface area (Å²) in [7, 11) is 0. The van der Waals surface area contributed by atoms with E-state index in [-0.39, 0.29) is 18.0 Å². The van der Waals surface area contributed by atoms with Crippen molar-refractivity contribution in [3.8, 4) is 0 Å². The third-order valence-electron chi connectivity index (χ3n) is 6.56. The molecule has 1 saturated heterocycles. The fraction of sp³-hybridized carbons (Fsp3) is 0.400. The van der Waals surface area contributed by atoms with Crippen molar-refractivity contribution in [2.75, 3.05) is 19.8 Å². The maximum atomic E-state index is 13.3. The molecule has 5 rings (SSSR count). The van der Waals surface area contributed by atoms with E-state index in [2.05, 4.69) is 34.6 Å². The molecular weight excluding hydrogens is 374 g/mol. The van der Waals surface area contributed by atoms with Crippen molar-refractivity contribution in [3.63, 3.8) is 0 Å². The molecule has 0 bridgehead atoms. The first-order chi connectivity index (χ1) is 14.7. The van der Waals surface area contributed by atoms with Crippen LogP contribution in [0.1, 0.15) is 47.4 Å². The number of ether oxygens (including phenoxy) is 1. The molecule has 1 amide bonds. The van der Waals surface area contributed by atoms with Crippen LogP contribution in [0, 0.1) is 0 Å². The van der Waals surface area contributed by atoms with Crippen LogP contribution in [0.25, 0.3) is 10.9 Å². The molecule has 3 atom stereocenters. The SMILES string of the molecule is CCN(C(=O)c1cc2ccccc2[nH]1)[C@H]1COC[C@H](N[C@@H]2CCc3ccccc32)C1. The largest absolute Gasteiger partial charge is 0.378 e. The molecule has 2 aromatic carbocycles. The molecule has 0 unspecified atom stereocenters. The molecule has 2 aliphatic rings. The highest BCUT2D eigenvalue weighted by molar-refractivity contribution is 5.98. The van der Waals surface area contributed by atoms with Gasteiger partial charge in [-0.3, -0.25) is 4.79 Å². The van der Waals surface area contributed by atoms with Gasteiger partial charge in [-0.25, -0.2) is 0 Å². The van der Waals surface area contributed by atoms with Crippen molar-refractivity contribution < 1.29 is 9.53 Å². The van der Waals surface area contributed by atoms with Gasteiger partial charge in [0.1, 0.15) is 5.69 Å². The molecule has 1 fully saturated rings. The fourth-order valence-electron chi connectivity index (χ4n) is 5.07. The van der Waals surface area contributed by atoms with Crippen LogP contribution in [0.3, 0.4) is 0 Å². The number of rotatable bonds is 5. The maximum Gasteiger partial charge on any atom is 0.270 e. The van der Waals surface area contributed by atoms with Crippen LogP contribution in [0.5, 0.6) is 0 Å². The summed E-state index contributed by atoms with van der Waals surface area (Å²) >= 11 is 0. The standard InChI is InChI=1S/C25H29N3O2/c1-2-28(25(29)24-13-18-8-4-6-10-22(18)27-24)20-14-19(15-30-16-20)26-23-12-11-17-7-3-5-9-21(17)23/h3-10,13,19-20,23,26-27H,2,11-12,14-16H2,1H3/t19-,20-,23-/m1/s1. The number of amides is 1. The monoisotopic (exact) mass is 403 g/mol. The number of hydrogen-bond acceptors (Lipinski definition) is 3. The van der Waals surface area contributed by atoms with Crippen LogP contribution in [0.2, 0.25) is 0 Å². The van der Waals surface area contributed by atoms with E-state index in [1.165, 1.54) is 11.1 Å². The van der Waals surface area contributed by atoms with Gasteiger partial charge in [0.15, 0.2) is 0 Å². The van der Waals surface area contributed by atoms with Gasteiger partial charge >= 0.3 is 0 Å². The molecule has 30 heavy (non-hydrogen) atoms. The summed E-state index contributed by atoms with van der Waals surface area (Å²) in [5.74, 6) is 0.0502. The number of fused-ring (bicyclic) bond motifs is 2. The molecule has 1 aromatic heterocycles. The molecule has 0 radical (unpaired) electrons. The van der Waals surface area contributed by atoms with Crippen LogP contribution >= 0.6 is 0 Å². The zero-order valence-electron chi connectivity index (χ0n) is 17.4. The zero-order chi connectivity index (χ0) is 20.5. The normalized spacial score (nSPS) is 23.4. The summed E-state index contributed by atoms with van der Waals surface area (Å²) in [6.07, 6.45) is 3.18. The molecule has 1 aliphatic carbocycles. The minimum absolute atomic E-state index is 0.0502. The number of benzene rings is 2. The number of carbonyl (C=O) groups is 1. The molecule has 0 saturated carbocycles. The predicted octanol–water partition coefficient (Wildman–Crippen LogP) is 4.06. The number of para-hydroxylation sites is 1. The van der Waals surface area contributed by atoms with Gasteiger partial charge in [-0.2, -0.15) is 0 Å². The zero-order valence-corrected chi connectivity index (χ0v) is 17.4. The van der Waals surface area contributed by atoms with Crippen LogP contribution in [-0.4, -0.2) is 47.6 Å². The molecule has 5 nitrogen and oxygen atoms in total. The molecule has 5 heteroatoms. The fourth-order valence-corrected chi connectivity index (χ4v) is 5.07. The summed E-state index contributed by atoms with van der Waals surface area (Å²) in [6, 6.07) is 19.4. The lowest BCUT2D eigenvalue weighted by Crippen LogP contribution is -2.51. The van der Waals surface area contributed by atoms with Crippen LogP contribution < -0.4 is 5.32 Å². The molecule has 0 spiro atoms. The Morgan fingerprint density at radius 2 is 2.00 bits per heavy atom. The highest BCUT2D eigenvalue weighted by Gasteiger charge is 2.33. The van der Waals surface area contributed by atoms with Gasteiger partial charge in [0.05, 0.1) is 19.3 Å². The van der Waals surface area contributed by atoms with Gasteiger partial charge in [-0.05, 0) is 49.4 Å². The van der Waals surface area contributed by atoms with Gasteiger partial charge in [0.2, 0.25) is 0 Å². The number of likely N-dealkylation sites (N-methyl/N-ethyl adjacent to an activating group) is 1. The van der Waals surface area contributed by atoms with E-state index in [0.717, 1.165) is 30.2 Å². The van der Waals surface area contributed by atoms with E-state index in [1.807, 2.05) is 42.2 Å². The first-order valence-electron chi connectivity index (χ1n) is 11.0. The summed E-state index contributed by atoms with van der Waals surface area (Å²) < 4.78 is 5.95. The second-order valence-electron chi connectivity index (χ2n) is 8.44. The summed E-state index contributed by atoms with van der Waals surface area (Å²) in [4.78, 5) is 18.5. The number of aromatic nitrogens is 1. The van der Waals surface area contributed by atoms with E-state index < -0.39 is 0 Å². The lowest BCUT2D eigenvalue weighted by molar-refractivity contribution is 0.000932. The predicted molar refractivity (Wildman–Crippen MR) is 119 cm³/mol. The smallest absolute Gasteiger partial charge is 0.270 e. The van der Waals surface area contributed by atoms with E-state index in [1.54, 1.807) is 0 Å². The lowest BCUT2D eigenvalue weighted by atomic mass is 10.0. The van der Waals surface area contributed by atoms with Gasteiger partial charge < -0.3 is 19.9 Å². The second kappa shape index (κ2) is 8.25. The molecule has 2 N–H and O–H groups in total. The van der Waals surface area contributed by atoms with Crippen LogP contribution in [-0.2, 0) is 11.2 Å². The Bertz CT molecular complexity index is 1010. The third-order valence-corrected chi connectivity index (χ3v) is 6.56. The number of carbonyl (C=O) groups excluding carboxylic acids is 1. The average molecular weight is 404 g/mol. The second-order valence-corrected chi connectivity index (χ2v) is 8.44. The van der Waals surface area contributed by atoms with Crippen molar-refractivity contribution in [1.29, 1.82) is 0 Å². The first-order valence-corrected chi connectivity index (χ1v) is 11.0. The third kappa shape index (κ3) is 3.64. The lowest BCUT2D eigenvalue weighted by Gasteiger charge is -2.38. The topological polar surface area (TPSA) is 57.4 Å². The minimum Gasteiger partial charge on any atom is -0.378 e. The molecular formula is C25H29N3O2. The minimum atomic E-state index is 0.0502. The molecule has 3 aromatic rings. The number of nitrogens with zero attached hydrogens (tertiary/aromatic N) is 1. The van der Waals surface area contributed by atoms with Crippen molar-refractivity contribution in [2.45, 2.75) is 44.3 Å². The molecule has 156 valence electrons. The van der Waals surface area contributed by atoms with Crippen molar-refractivity contribution in [3.05, 3.63) is 71.4 Å². The van der Waals surface area contributed by atoms with Crippen molar-refractivity contribution in [2.24, 2.45) is 0 Å². The Labute approximate surface area is 177 Å². The molecule has 2 heterocycles. The Hall–Kier alpha value is -2.63. The maximum absolute atomic E-state index is 13.3. The van der Waals surface area contributed by atoms with Gasteiger partial charge in [-0.15, -0.1) is 0 Å². The van der Waals surface area contributed by atoms with E-state index in [0.29, 0.717) is 31.5 Å². The molecule has 1 aliphatic heterocycles. The van der Waals surface area contributed by atoms with Gasteiger partial charge in [0.25, 0.3) is 5.91 Å². The summed E-state index contributed by atoms with van der Waals surface area (Å²) in [5, 5.41) is 4.88. The summed E-state index contributed by atoms with van der Waals surface area (Å²) in [5.41, 5.74) is 4.52. The van der Waals surface area contributed by atoms with E-state index >= 15 is 0 Å². The number of aryl methyl sites for hydroxylation is 1. The quantitative estimate of drug-likeness (QED) is 0.675. The number of aromatic amines is 1. The van der Waals surface area contributed by atoms with Crippen LogP contribution in [0.15, 0.2) is 54.6 Å². The average Bonchev–Trinajstić information content (AvgIpc) is 3.39. The van der Waals surface area contributed by atoms with Crippen LogP contribution in [0.4, 0.5) is 0 Å².